The first-order valence-electron chi connectivity index (χ1n) is 14.3. The van der Waals surface area contributed by atoms with Crippen LogP contribution in [-0.4, -0.2) is 90.4 Å². The van der Waals surface area contributed by atoms with Gasteiger partial charge in [0, 0.05) is 44.3 Å². The number of piperazine rings is 1. The number of hydrogen-bond acceptors (Lipinski definition) is 9. The Morgan fingerprint density at radius 1 is 1.07 bits per heavy atom. The minimum Gasteiger partial charge on any atom is -0.462 e. The van der Waals surface area contributed by atoms with Crippen molar-refractivity contribution in [1.29, 1.82) is 0 Å². The predicted octanol–water partition coefficient (Wildman–Crippen LogP) is 3.68. The Morgan fingerprint density at radius 3 is 2.52 bits per heavy atom. The number of hydrogen-bond donors (Lipinski definition) is 1. The van der Waals surface area contributed by atoms with Crippen molar-refractivity contribution < 1.29 is 18.7 Å². The number of fused-ring (bicyclic) bond motifs is 1. The Kier molecular flexibility index (Phi) is 8.21. The van der Waals surface area contributed by atoms with Gasteiger partial charge in [0.2, 0.25) is 0 Å². The number of benzene rings is 1. The summed E-state index contributed by atoms with van der Waals surface area (Å²) in [6, 6.07) is 5.47. The molecule has 3 aliphatic heterocycles. The summed E-state index contributed by atoms with van der Waals surface area (Å²) >= 11 is 0. The third kappa shape index (κ3) is 6.35. The van der Waals surface area contributed by atoms with Crippen molar-refractivity contribution in [3.05, 3.63) is 35.3 Å². The van der Waals surface area contributed by atoms with Gasteiger partial charge in [-0.25, -0.2) is 9.18 Å². The van der Waals surface area contributed by atoms with E-state index >= 15 is 0 Å². The summed E-state index contributed by atoms with van der Waals surface area (Å²) in [6.45, 7) is 10.6. The fraction of sp³-hybridized carbons (Fsp3) is 0.621. The molecule has 2 fully saturated rings. The third-order valence-electron chi connectivity index (χ3n) is 7.89. The van der Waals surface area contributed by atoms with Crippen LogP contribution in [0.4, 0.5) is 26.4 Å². The SMILES string of the molecule is CN1CCC[C@H]1COc1nc2c(c(N3CCN(C(=O)OC(C)(C)C)CC3)n1)CCCN(c1c(N)cccc1F)C2. The van der Waals surface area contributed by atoms with Gasteiger partial charge in [-0.1, -0.05) is 6.07 Å². The molecule has 1 aromatic heterocycles. The molecule has 40 heavy (non-hydrogen) atoms. The average molecular weight is 556 g/mol. The molecule has 11 heteroatoms. The van der Waals surface area contributed by atoms with Crippen LogP contribution in [0.2, 0.25) is 0 Å². The lowest BCUT2D eigenvalue weighted by Crippen LogP contribution is -2.50. The number of carbonyl (C=O) groups excluding carboxylic acids is 1. The summed E-state index contributed by atoms with van der Waals surface area (Å²) in [6.07, 6.45) is 3.51. The lowest BCUT2D eigenvalue weighted by atomic mass is 10.1. The second-order valence-electron chi connectivity index (χ2n) is 12.0. The number of amides is 1. The summed E-state index contributed by atoms with van der Waals surface area (Å²) < 4.78 is 26.7. The van der Waals surface area contributed by atoms with Crippen LogP contribution in [0, 0.1) is 5.82 Å². The van der Waals surface area contributed by atoms with Crippen LogP contribution in [0.1, 0.15) is 51.3 Å². The van der Waals surface area contributed by atoms with Crippen LogP contribution in [0.3, 0.4) is 0 Å². The summed E-state index contributed by atoms with van der Waals surface area (Å²) in [5.74, 6) is 0.503. The zero-order valence-electron chi connectivity index (χ0n) is 24.2. The second-order valence-corrected chi connectivity index (χ2v) is 12.0. The van der Waals surface area contributed by atoms with E-state index in [2.05, 4.69) is 16.8 Å². The average Bonchev–Trinajstić information content (AvgIpc) is 3.19. The van der Waals surface area contributed by atoms with E-state index in [1.54, 1.807) is 17.0 Å². The van der Waals surface area contributed by atoms with Crippen molar-refractivity contribution in [3.63, 3.8) is 0 Å². The number of anilines is 3. The van der Waals surface area contributed by atoms with Gasteiger partial charge >= 0.3 is 12.1 Å². The minimum atomic E-state index is -0.536. The molecule has 218 valence electrons. The van der Waals surface area contributed by atoms with Gasteiger partial charge in [0.05, 0.1) is 23.6 Å². The quantitative estimate of drug-likeness (QED) is 0.554. The molecular weight excluding hydrogens is 513 g/mol. The number of ether oxygens (including phenoxy) is 2. The molecule has 3 aliphatic rings. The largest absolute Gasteiger partial charge is 0.462 e. The number of likely N-dealkylation sites (N-methyl/N-ethyl adjacent to an activating group) is 1. The molecule has 0 spiro atoms. The second kappa shape index (κ2) is 11.6. The van der Waals surface area contributed by atoms with Gasteiger partial charge in [0.25, 0.3) is 0 Å². The molecule has 1 aromatic carbocycles. The maximum Gasteiger partial charge on any atom is 0.410 e. The van der Waals surface area contributed by atoms with Crippen LogP contribution in [-0.2, 0) is 17.7 Å². The number of aromatic nitrogens is 2. The monoisotopic (exact) mass is 555 g/mol. The highest BCUT2D eigenvalue weighted by Gasteiger charge is 2.31. The number of carbonyl (C=O) groups is 1. The van der Waals surface area contributed by atoms with Gasteiger partial charge in [-0.05, 0) is 72.2 Å². The van der Waals surface area contributed by atoms with E-state index in [-0.39, 0.29) is 11.9 Å². The molecule has 2 aromatic rings. The Balaban J connectivity index is 1.41. The Hall–Kier alpha value is -3.34. The number of nitrogens with two attached hydrogens (primary N) is 1. The number of rotatable bonds is 5. The maximum atomic E-state index is 14.9. The van der Waals surface area contributed by atoms with E-state index in [1.165, 1.54) is 6.07 Å². The van der Waals surface area contributed by atoms with E-state index in [9.17, 15) is 9.18 Å². The van der Waals surface area contributed by atoms with E-state index in [4.69, 9.17) is 25.2 Å². The number of likely N-dealkylation sites (tertiary alicyclic amines) is 1. The van der Waals surface area contributed by atoms with Crippen molar-refractivity contribution in [2.75, 3.05) is 68.5 Å². The van der Waals surface area contributed by atoms with Gasteiger partial charge in [-0.3, -0.25) is 0 Å². The van der Waals surface area contributed by atoms with Gasteiger partial charge in [-0.15, -0.1) is 0 Å². The van der Waals surface area contributed by atoms with Gasteiger partial charge in [0.1, 0.15) is 23.8 Å². The van der Waals surface area contributed by atoms with Crippen molar-refractivity contribution in [3.8, 4) is 6.01 Å². The standard InChI is InChI=1S/C29H42FN7O3/c1-29(2,3)40-28(38)36-16-14-35(15-17-36)26-21-9-7-13-37(25-22(30)10-5-11-23(25)31)18-24(21)32-27(33-26)39-19-20-8-6-12-34(20)4/h5,10-11,20H,6-9,12-19,31H2,1-4H3/t20-/m0/s1. The molecule has 1 amide bonds. The first-order valence-corrected chi connectivity index (χ1v) is 14.3. The van der Waals surface area contributed by atoms with Crippen LogP contribution in [0.15, 0.2) is 18.2 Å². The van der Waals surface area contributed by atoms with E-state index in [0.717, 1.165) is 49.3 Å². The van der Waals surface area contributed by atoms with Gasteiger partial charge < -0.3 is 34.8 Å². The molecule has 2 N–H and O–H groups in total. The van der Waals surface area contributed by atoms with Gasteiger partial charge in [0.15, 0.2) is 0 Å². The van der Waals surface area contributed by atoms with Crippen LogP contribution in [0.25, 0.3) is 0 Å². The van der Waals surface area contributed by atoms with E-state index in [0.29, 0.717) is 69.3 Å². The molecule has 0 saturated carbocycles. The molecule has 0 bridgehead atoms. The van der Waals surface area contributed by atoms with Crippen molar-refractivity contribution in [2.24, 2.45) is 0 Å². The lowest BCUT2D eigenvalue weighted by Gasteiger charge is -2.37. The molecule has 2 saturated heterocycles. The summed E-state index contributed by atoms with van der Waals surface area (Å²) in [5, 5.41) is 0. The Morgan fingerprint density at radius 2 is 1.85 bits per heavy atom. The zero-order chi connectivity index (χ0) is 28.4. The topological polar surface area (TPSA) is 100 Å². The van der Waals surface area contributed by atoms with Crippen LogP contribution >= 0.6 is 0 Å². The van der Waals surface area contributed by atoms with Crippen molar-refractivity contribution in [1.82, 2.24) is 19.8 Å². The number of halogens is 1. The normalized spacial score (nSPS) is 20.3. The van der Waals surface area contributed by atoms with Gasteiger partial charge in [-0.2, -0.15) is 9.97 Å². The molecule has 0 radical (unpaired) electrons. The number of para-hydroxylation sites is 1. The predicted molar refractivity (Wildman–Crippen MR) is 153 cm³/mol. The van der Waals surface area contributed by atoms with E-state index in [1.807, 2.05) is 25.7 Å². The van der Waals surface area contributed by atoms with Crippen LogP contribution < -0.4 is 20.3 Å². The first-order chi connectivity index (χ1) is 19.1. The Labute approximate surface area is 236 Å². The highest BCUT2D eigenvalue weighted by molar-refractivity contribution is 5.69. The molecule has 10 nitrogen and oxygen atoms in total. The molecule has 0 aliphatic carbocycles. The highest BCUT2D eigenvalue weighted by atomic mass is 19.1. The molecule has 4 heterocycles. The Bertz CT molecular complexity index is 1190. The first kappa shape index (κ1) is 28.2. The zero-order valence-corrected chi connectivity index (χ0v) is 24.2. The summed E-state index contributed by atoms with van der Waals surface area (Å²) in [4.78, 5) is 30.7. The minimum absolute atomic E-state index is 0.295. The summed E-state index contributed by atoms with van der Waals surface area (Å²) in [5.41, 5.74) is 8.38. The molecule has 5 rings (SSSR count). The summed E-state index contributed by atoms with van der Waals surface area (Å²) in [7, 11) is 2.12. The van der Waals surface area contributed by atoms with E-state index < -0.39 is 5.60 Å². The smallest absolute Gasteiger partial charge is 0.410 e. The third-order valence-corrected chi connectivity index (χ3v) is 7.89. The maximum absolute atomic E-state index is 14.9. The molecular formula is C29H42FN7O3. The van der Waals surface area contributed by atoms with Crippen molar-refractivity contribution in [2.45, 2.75) is 64.6 Å². The van der Waals surface area contributed by atoms with Crippen molar-refractivity contribution >= 4 is 23.3 Å². The fourth-order valence-electron chi connectivity index (χ4n) is 5.76. The number of nitrogens with zero attached hydrogens (tertiary/aromatic N) is 6. The molecule has 0 unspecified atom stereocenters. The van der Waals surface area contributed by atoms with Crippen LogP contribution in [0.5, 0.6) is 6.01 Å². The lowest BCUT2D eigenvalue weighted by molar-refractivity contribution is 0.0240. The number of nitrogen functional groups attached to an aromatic ring is 1. The fourth-order valence-corrected chi connectivity index (χ4v) is 5.76. The molecule has 1 atom stereocenters. The highest BCUT2D eigenvalue weighted by Crippen LogP contribution is 2.34.